The molecule has 2 aromatic rings. The number of carbonyl (C=O) groups excluding carboxylic acids is 2. The van der Waals surface area contributed by atoms with Gasteiger partial charge < -0.3 is 10.1 Å². The van der Waals surface area contributed by atoms with Crippen molar-refractivity contribution in [3.63, 3.8) is 0 Å². The number of nitrogens with zero attached hydrogens (tertiary/aromatic N) is 1. The van der Waals surface area contributed by atoms with Crippen molar-refractivity contribution < 1.29 is 14.3 Å². The van der Waals surface area contributed by atoms with Gasteiger partial charge in [0.25, 0.3) is 11.8 Å². The first-order valence-corrected chi connectivity index (χ1v) is 9.46. The lowest BCUT2D eigenvalue weighted by molar-refractivity contribution is -0.120. The van der Waals surface area contributed by atoms with Crippen LogP contribution in [0.5, 0.6) is 5.75 Å². The topological polar surface area (TPSA) is 79.8 Å². The summed E-state index contributed by atoms with van der Waals surface area (Å²) in [7, 11) is 0. The van der Waals surface area contributed by atoms with E-state index in [4.69, 9.17) is 4.74 Å². The van der Waals surface area contributed by atoms with Gasteiger partial charge in [-0.15, -0.1) is 0 Å². The standard InChI is InChI=1S/C20H22BrN3O3/c1-2-3-11-27-18-9-7-15(8-10-18)13-23-24-19(25)14-22-20(26)16-5-4-6-17(21)12-16/h4-10,12-13H,2-3,11,14H2,1H3,(H,22,26)(H,24,25)/b23-13+. The van der Waals surface area contributed by atoms with Crippen LogP contribution in [0.25, 0.3) is 0 Å². The summed E-state index contributed by atoms with van der Waals surface area (Å²) in [6, 6.07) is 14.4. The van der Waals surface area contributed by atoms with Crippen LogP contribution in [-0.2, 0) is 4.79 Å². The van der Waals surface area contributed by atoms with E-state index < -0.39 is 5.91 Å². The third-order valence-electron chi connectivity index (χ3n) is 3.55. The Hall–Kier alpha value is -2.67. The highest BCUT2D eigenvalue weighted by Crippen LogP contribution is 2.12. The summed E-state index contributed by atoms with van der Waals surface area (Å²) in [5, 5.41) is 6.43. The Morgan fingerprint density at radius 2 is 1.96 bits per heavy atom. The minimum absolute atomic E-state index is 0.160. The number of hydrogen-bond acceptors (Lipinski definition) is 4. The van der Waals surface area contributed by atoms with Crippen molar-refractivity contribution in [3.8, 4) is 5.75 Å². The summed E-state index contributed by atoms with van der Waals surface area (Å²) in [6.45, 7) is 2.65. The van der Waals surface area contributed by atoms with Gasteiger partial charge in [0.15, 0.2) is 0 Å². The van der Waals surface area contributed by atoms with E-state index in [9.17, 15) is 9.59 Å². The predicted octanol–water partition coefficient (Wildman–Crippen LogP) is 3.51. The lowest BCUT2D eigenvalue weighted by atomic mass is 10.2. The molecule has 2 amide bonds. The van der Waals surface area contributed by atoms with Crippen molar-refractivity contribution in [1.82, 2.24) is 10.7 Å². The zero-order valence-electron chi connectivity index (χ0n) is 15.1. The van der Waals surface area contributed by atoms with Crippen molar-refractivity contribution in [2.24, 2.45) is 5.10 Å². The normalized spacial score (nSPS) is 10.6. The highest BCUT2D eigenvalue weighted by atomic mass is 79.9. The Balaban J connectivity index is 1.73. The average Bonchev–Trinajstić information content (AvgIpc) is 2.67. The average molecular weight is 432 g/mol. The molecule has 6 nitrogen and oxygen atoms in total. The van der Waals surface area contributed by atoms with Crippen molar-refractivity contribution >= 4 is 34.0 Å². The molecular formula is C20H22BrN3O3. The fourth-order valence-corrected chi connectivity index (χ4v) is 2.49. The lowest BCUT2D eigenvalue weighted by Gasteiger charge is -2.05. The Labute approximate surface area is 167 Å². The highest BCUT2D eigenvalue weighted by molar-refractivity contribution is 9.10. The third-order valence-corrected chi connectivity index (χ3v) is 4.04. The van der Waals surface area contributed by atoms with Crippen LogP contribution < -0.4 is 15.5 Å². The van der Waals surface area contributed by atoms with Crippen LogP contribution in [0, 0.1) is 0 Å². The van der Waals surface area contributed by atoms with Crippen LogP contribution in [0.3, 0.4) is 0 Å². The number of amides is 2. The molecule has 0 heterocycles. The molecule has 2 aromatic carbocycles. The van der Waals surface area contributed by atoms with Gasteiger partial charge in [-0.05, 0) is 54.4 Å². The minimum atomic E-state index is -0.408. The molecule has 0 unspecified atom stereocenters. The van der Waals surface area contributed by atoms with E-state index in [0.717, 1.165) is 28.6 Å². The van der Waals surface area contributed by atoms with Crippen molar-refractivity contribution in [2.75, 3.05) is 13.2 Å². The van der Waals surface area contributed by atoms with Crippen molar-refractivity contribution in [1.29, 1.82) is 0 Å². The van der Waals surface area contributed by atoms with Gasteiger partial charge in [0.1, 0.15) is 5.75 Å². The maximum atomic E-state index is 12.0. The largest absolute Gasteiger partial charge is 0.494 e. The maximum Gasteiger partial charge on any atom is 0.259 e. The molecule has 0 aromatic heterocycles. The van der Waals surface area contributed by atoms with E-state index in [2.05, 4.69) is 38.7 Å². The molecule has 0 bridgehead atoms. The summed E-state index contributed by atoms with van der Waals surface area (Å²) >= 11 is 3.30. The van der Waals surface area contributed by atoms with E-state index in [1.807, 2.05) is 30.3 Å². The number of hydrogen-bond donors (Lipinski definition) is 2. The molecule has 0 atom stereocenters. The van der Waals surface area contributed by atoms with E-state index in [1.54, 1.807) is 18.2 Å². The van der Waals surface area contributed by atoms with Crippen LogP contribution in [0.2, 0.25) is 0 Å². The molecule has 0 aliphatic carbocycles. The Morgan fingerprint density at radius 3 is 2.67 bits per heavy atom. The number of unbranched alkanes of at least 4 members (excludes halogenated alkanes) is 1. The Bertz CT molecular complexity index is 791. The Morgan fingerprint density at radius 1 is 1.19 bits per heavy atom. The number of halogens is 1. The molecule has 0 saturated carbocycles. The molecule has 0 fully saturated rings. The summed E-state index contributed by atoms with van der Waals surface area (Å²) in [4.78, 5) is 23.7. The molecule has 0 aliphatic rings. The van der Waals surface area contributed by atoms with Gasteiger partial charge in [-0.25, -0.2) is 5.43 Å². The Kier molecular flexibility index (Phi) is 8.51. The summed E-state index contributed by atoms with van der Waals surface area (Å²) in [5.41, 5.74) is 3.69. The zero-order valence-corrected chi connectivity index (χ0v) is 16.7. The smallest absolute Gasteiger partial charge is 0.259 e. The molecule has 0 aliphatic heterocycles. The van der Waals surface area contributed by atoms with Crippen molar-refractivity contribution in [3.05, 3.63) is 64.1 Å². The van der Waals surface area contributed by atoms with Gasteiger partial charge in [-0.1, -0.05) is 35.3 Å². The number of hydrazone groups is 1. The van der Waals surface area contributed by atoms with E-state index in [-0.39, 0.29) is 12.5 Å². The first-order valence-electron chi connectivity index (χ1n) is 8.67. The monoisotopic (exact) mass is 431 g/mol. The van der Waals surface area contributed by atoms with Gasteiger partial charge in [0.05, 0.1) is 19.4 Å². The van der Waals surface area contributed by atoms with Crippen LogP contribution in [0.4, 0.5) is 0 Å². The molecule has 0 saturated heterocycles. The summed E-state index contributed by atoms with van der Waals surface area (Å²) in [6.07, 6.45) is 3.64. The quantitative estimate of drug-likeness (QED) is 0.362. The molecule has 27 heavy (non-hydrogen) atoms. The number of nitrogens with one attached hydrogen (secondary N) is 2. The second-order valence-corrected chi connectivity index (χ2v) is 6.67. The first-order chi connectivity index (χ1) is 13.1. The zero-order chi connectivity index (χ0) is 19.5. The van der Waals surface area contributed by atoms with E-state index in [0.29, 0.717) is 12.2 Å². The fourth-order valence-electron chi connectivity index (χ4n) is 2.10. The van der Waals surface area contributed by atoms with Gasteiger partial charge in [0, 0.05) is 10.0 Å². The first kappa shape index (κ1) is 20.6. The van der Waals surface area contributed by atoms with E-state index >= 15 is 0 Å². The SMILES string of the molecule is CCCCOc1ccc(/C=N/NC(=O)CNC(=O)c2cccc(Br)c2)cc1. The van der Waals surface area contributed by atoms with Crippen LogP contribution in [-0.4, -0.2) is 31.2 Å². The van der Waals surface area contributed by atoms with Gasteiger partial charge in [-0.2, -0.15) is 5.10 Å². The third kappa shape index (κ3) is 7.62. The van der Waals surface area contributed by atoms with E-state index in [1.165, 1.54) is 6.21 Å². The lowest BCUT2D eigenvalue weighted by Crippen LogP contribution is -2.34. The summed E-state index contributed by atoms with van der Waals surface area (Å²) in [5.74, 6) is 0.0723. The molecule has 2 N–H and O–H groups in total. The number of rotatable bonds is 9. The number of carbonyl (C=O) groups is 2. The predicted molar refractivity (Wildman–Crippen MR) is 109 cm³/mol. The maximum absolute atomic E-state index is 12.0. The minimum Gasteiger partial charge on any atom is -0.494 e. The van der Waals surface area contributed by atoms with Crippen molar-refractivity contribution in [2.45, 2.75) is 19.8 Å². The van der Waals surface area contributed by atoms with Crippen LogP contribution >= 0.6 is 15.9 Å². The van der Waals surface area contributed by atoms with Crippen LogP contribution in [0.1, 0.15) is 35.7 Å². The molecule has 0 radical (unpaired) electrons. The highest BCUT2D eigenvalue weighted by Gasteiger charge is 2.07. The molecule has 7 heteroatoms. The molecular weight excluding hydrogens is 410 g/mol. The van der Waals surface area contributed by atoms with Gasteiger partial charge >= 0.3 is 0 Å². The number of benzene rings is 2. The summed E-state index contributed by atoms with van der Waals surface area (Å²) < 4.78 is 6.38. The molecule has 142 valence electrons. The van der Waals surface area contributed by atoms with Crippen LogP contribution in [0.15, 0.2) is 58.1 Å². The second-order valence-electron chi connectivity index (χ2n) is 5.76. The second kappa shape index (κ2) is 11.1. The van der Waals surface area contributed by atoms with Gasteiger partial charge in [-0.3, -0.25) is 9.59 Å². The van der Waals surface area contributed by atoms with Gasteiger partial charge in [0.2, 0.25) is 0 Å². The number of ether oxygens (including phenoxy) is 1. The molecule has 0 spiro atoms. The molecule has 2 rings (SSSR count). The fraction of sp³-hybridized carbons (Fsp3) is 0.250.